The Morgan fingerprint density at radius 3 is 3.07 bits per heavy atom. The van der Waals surface area contributed by atoms with Crippen molar-refractivity contribution in [1.29, 1.82) is 0 Å². The van der Waals surface area contributed by atoms with Gasteiger partial charge in [0.05, 0.1) is 11.9 Å². The minimum absolute atomic E-state index is 0.823. The summed E-state index contributed by atoms with van der Waals surface area (Å²) in [6.07, 6.45) is 6.51. The van der Waals surface area contributed by atoms with Gasteiger partial charge < -0.3 is 4.90 Å². The van der Waals surface area contributed by atoms with Gasteiger partial charge in [-0.15, -0.1) is 0 Å². The van der Waals surface area contributed by atoms with Crippen LogP contribution < -0.4 is 4.90 Å². The highest BCUT2D eigenvalue weighted by Gasteiger charge is 2.23. The summed E-state index contributed by atoms with van der Waals surface area (Å²) in [4.78, 5) is 6.63. The number of nitrogens with zero attached hydrogens (tertiary/aromatic N) is 2. The van der Waals surface area contributed by atoms with Crippen molar-refractivity contribution in [2.75, 3.05) is 18.0 Å². The van der Waals surface area contributed by atoms with Gasteiger partial charge in [-0.05, 0) is 36.8 Å². The molecule has 1 atom stereocenters. The summed E-state index contributed by atoms with van der Waals surface area (Å²) in [6, 6.07) is 4.18. The molecule has 1 aliphatic rings. The van der Waals surface area contributed by atoms with Gasteiger partial charge in [0.15, 0.2) is 0 Å². The van der Waals surface area contributed by atoms with E-state index < -0.39 is 0 Å². The third-order valence-corrected chi connectivity index (χ3v) is 3.10. The molecule has 1 aliphatic heterocycles. The van der Waals surface area contributed by atoms with Gasteiger partial charge in [-0.2, -0.15) is 0 Å². The number of rotatable bonds is 3. The summed E-state index contributed by atoms with van der Waals surface area (Å²) in [5.41, 5.74) is 1.28. The maximum Gasteiger partial charge on any atom is 0.0552 e. The molecule has 1 saturated heterocycles. The summed E-state index contributed by atoms with van der Waals surface area (Å²) >= 11 is 0. The van der Waals surface area contributed by atoms with Crippen LogP contribution in [-0.4, -0.2) is 18.1 Å². The third kappa shape index (κ3) is 2.71. The zero-order valence-electron chi connectivity index (χ0n) is 9.69. The lowest BCUT2D eigenvalue weighted by Crippen LogP contribution is -2.20. The maximum absolute atomic E-state index is 4.17. The van der Waals surface area contributed by atoms with Crippen LogP contribution in [0.15, 0.2) is 24.5 Å². The fourth-order valence-electron chi connectivity index (χ4n) is 2.47. The first-order chi connectivity index (χ1) is 7.25. The van der Waals surface area contributed by atoms with Crippen LogP contribution in [0.4, 0.5) is 5.69 Å². The van der Waals surface area contributed by atoms with Gasteiger partial charge in [0.2, 0.25) is 0 Å². The summed E-state index contributed by atoms with van der Waals surface area (Å²) in [5, 5.41) is 0. The zero-order valence-corrected chi connectivity index (χ0v) is 9.69. The summed E-state index contributed by atoms with van der Waals surface area (Å²) in [6.45, 7) is 7.03. The van der Waals surface area contributed by atoms with Gasteiger partial charge in [0.1, 0.15) is 0 Å². The molecule has 2 heterocycles. The molecule has 82 valence electrons. The molecule has 0 aliphatic carbocycles. The molecule has 2 nitrogen and oxygen atoms in total. The Labute approximate surface area is 92.3 Å². The van der Waals surface area contributed by atoms with E-state index in [-0.39, 0.29) is 0 Å². The Bertz CT molecular complexity index is 295. The van der Waals surface area contributed by atoms with Gasteiger partial charge in [0.25, 0.3) is 0 Å². The number of anilines is 1. The SMILES string of the molecule is CC(C)CC1CCN(c2cccnc2)C1. The van der Waals surface area contributed by atoms with E-state index in [2.05, 4.69) is 29.8 Å². The molecule has 0 N–H and O–H groups in total. The fourth-order valence-corrected chi connectivity index (χ4v) is 2.47. The van der Waals surface area contributed by atoms with E-state index in [1.54, 1.807) is 0 Å². The molecular formula is C13H20N2. The number of aromatic nitrogens is 1. The predicted molar refractivity (Wildman–Crippen MR) is 64.0 cm³/mol. The Kier molecular flexibility index (Phi) is 3.24. The fraction of sp³-hybridized carbons (Fsp3) is 0.615. The Balaban J connectivity index is 1.93. The molecular weight excluding hydrogens is 184 g/mol. The van der Waals surface area contributed by atoms with Crippen molar-refractivity contribution < 1.29 is 0 Å². The Morgan fingerprint density at radius 2 is 2.40 bits per heavy atom. The van der Waals surface area contributed by atoms with E-state index in [9.17, 15) is 0 Å². The standard InChI is InChI=1S/C13H20N2/c1-11(2)8-12-5-7-15(10-12)13-4-3-6-14-9-13/h3-4,6,9,11-12H,5,7-8,10H2,1-2H3. The molecule has 0 radical (unpaired) electrons. The maximum atomic E-state index is 4.17. The van der Waals surface area contributed by atoms with E-state index in [4.69, 9.17) is 0 Å². The molecule has 15 heavy (non-hydrogen) atoms. The largest absolute Gasteiger partial charge is 0.370 e. The highest BCUT2D eigenvalue weighted by atomic mass is 15.2. The smallest absolute Gasteiger partial charge is 0.0552 e. The first-order valence-corrected chi connectivity index (χ1v) is 5.90. The molecule has 0 saturated carbocycles. The van der Waals surface area contributed by atoms with E-state index in [1.165, 1.54) is 31.6 Å². The van der Waals surface area contributed by atoms with Crippen molar-refractivity contribution in [2.24, 2.45) is 11.8 Å². The molecule has 0 amide bonds. The zero-order chi connectivity index (χ0) is 10.7. The van der Waals surface area contributed by atoms with E-state index >= 15 is 0 Å². The lowest BCUT2D eigenvalue weighted by Gasteiger charge is -2.18. The number of hydrogen-bond donors (Lipinski definition) is 0. The molecule has 1 aromatic rings. The molecule has 0 aromatic carbocycles. The highest BCUT2D eigenvalue weighted by molar-refractivity contribution is 5.44. The second-order valence-electron chi connectivity index (χ2n) is 4.94. The minimum Gasteiger partial charge on any atom is -0.370 e. The first kappa shape index (κ1) is 10.5. The Hall–Kier alpha value is -1.05. The minimum atomic E-state index is 0.823. The topological polar surface area (TPSA) is 16.1 Å². The van der Waals surface area contributed by atoms with Gasteiger partial charge >= 0.3 is 0 Å². The summed E-state index contributed by atoms with van der Waals surface area (Å²) in [5.74, 6) is 1.70. The van der Waals surface area contributed by atoms with Crippen molar-refractivity contribution in [3.05, 3.63) is 24.5 Å². The highest BCUT2D eigenvalue weighted by Crippen LogP contribution is 2.26. The molecule has 1 aromatic heterocycles. The third-order valence-electron chi connectivity index (χ3n) is 3.10. The normalized spacial score (nSPS) is 21.3. The van der Waals surface area contributed by atoms with Crippen LogP contribution in [0.5, 0.6) is 0 Å². The van der Waals surface area contributed by atoms with Crippen molar-refractivity contribution in [3.63, 3.8) is 0 Å². The van der Waals surface area contributed by atoms with Crippen molar-refractivity contribution in [2.45, 2.75) is 26.7 Å². The molecule has 1 fully saturated rings. The van der Waals surface area contributed by atoms with E-state index in [0.29, 0.717) is 0 Å². The van der Waals surface area contributed by atoms with E-state index in [1.807, 2.05) is 18.5 Å². The van der Waals surface area contributed by atoms with Crippen LogP contribution >= 0.6 is 0 Å². The lowest BCUT2D eigenvalue weighted by atomic mass is 9.97. The second kappa shape index (κ2) is 4.65. The number of hydrogen-bond acceptors (Lipinski definition) is 2. The van der Waals surface area contributed by atoms with Crippen LogP contribution in [0.2, 0.25) is 0 Å². The summed E-state index contributed by atoms with van der Waals surface area (Å²) in [7, 11) is 0. The molecule has 0 bridgehead atoms. The molecule has 2 heteroatoms. The molecule has 0 spiro atoms. The first-order valence-electron chi connectivity index (χ1n) is 5.90. The van der Waals surface area contributed by atoms with Gasteiger partial charge in [-0.25, -0.2) is 0 Å². The van der Waals surface area contributed by atoms with Gasteiger partial charge in [0, 0.05) is 19.3 Å². The van der Waals surface area contributed by atoms with Crippen LogP contribution in [0.25, 0.3) is 0 Å². The van der Waals surface area contributed by atoms with Gasteiger partial charge in [-0.1, -0.05) is 13.8 Å². The van der Waals surface area contributed by atoms with Crippen LogP contribution in [0.1, 0.15) is 26.7 Å². The van der Waals surface area contributed by atoms with Gasteiger partial charge in [-0.3, -0.25) is 4.98 Å². The van der Waals surface area contributed by atoms with Crippen LogP contribution in [-0.2, 0) is 0 Å². The predicted octanol–water partition coefficient (Wildman–Crippen LogP) is 2.95. The van der Waals surface area contributed by atoms with Crippen molar-refractivity contribution in [1.82, 2.24) is 4.98 Å². The monoisotopic (exact) mass is 204 g/mol. The van der Waals surface area contributed by atoms with Crippen LogP contribution in [0, 0.1) is 11.8 Å². The lowest BCUT2D eigenvalue weighted by molar-refractivity contribution is 0.441. The average molecular weight is 204 g/mol. The van der Waals surface area contributed by atoms with Crippen molar-refractivity contribution >= 4 is 5.69 Å². The average Bonchev–Trinajstić information content (AvgIpc) is 2.67. The summed E-state index contributed by atoms with van der Waals surface area (Å²) < 4.78 is 0. The molecule has 1 unspecified atom stereocenters. The quantitative estimate of drug-likeness (QED) is 0.752. The second-order valence-corrected chi connectivity index (χ2v) is 4.94. The van der Waals surface area contributed by atoms with Crippen LogP contribution in [0.3, 0.4) is 0 Å². The molecule has 2 rings (SSSR count). The van der Waals surface area contributed by atoms with Crippen molar-refractivity contribution in [3.8, 4) is 0 Å². The Morgan fingerprint density at radius 1 is 1.53 bits per heavy atom. The van der Waals surface area contributed by atoms with E-state index in [0.717, 1.165) is 11.8 Å². The number of pyridine rings is 1.